The Morgan fingerprint density at radius 1 is 1.43 bits per heavy atom. The lowest BCUT2D eigenvalue weighted by atomic mass is 10.1. The maximum Gasteiger partial charge on any atom is 0.229 e. The van der Waals surface area contributed by atoms with Gasteiger partial charge in [-0.15, -0.1) is 0 Å². The number of morpholine rings is 1. The average molecular weight is 318 g/mol. The number of pyridine rings is 1. The summed E-state index contributed by atoms with van der Waals surface area (Å²) in [4.78, 5) is 18.9. The van der Waals surface area contributed by atoms with Crippen LogP contribution < -0.4 is 0 Å². The Labute approximate surface area is 138 Å². The summed E-state index contributed by atoms with van der Waals surface area (Å²) in [6.07, 6.45) is 4.16. The molecular weight excluding hydrogens is 292 g/mol. The predicted octanol–water partition coefficient (Wildman–Crippen LogP) is 2.06. The van der Waals surface area contributed by atoms with Gasteiger partial charge in [0, 0.05) is 25.0 Å². The number of amides is 1. The van der Waals surface area contributed by atoms with Crippen LogP contribution in [0.15, 0.2) is 24.4 Å². The number of fused-ring (bicyclic) bond motifs is 1. The number of ether oxygens (including phenoxy) is 2. The molecular formula is C18H26N2O3. The van der Waals surface area contributed by atoms with E-state index in [2.05, 4.69) is 18.8 Å². The maximum absolute atomic E-state index is 12.7. The fourth-order valence-electron chi connectivity index (χ4n) is 3.48. The molecule has 1 saturated carbocycles. The van der Waals surface area contributed by atoms with Crippen molar-refractivity contribution in [2.24, 2.45) is 5.92 Å². The van der Waals surface area contributed by atoms with E-state index in [-0.39, 0.29) is 24.2 Å². The Kier molecular flexibility index (Phi) is 5.28. The molecule has 1 saturated heterocycles. The molecule has 1 aromatic heterocycles. The van der Waals surface area contributed by atoms with Crippen LogP contribution in [0, 0.1) is 5.92 Å². The quantitative estimate of drug-likeness (QED) is 0.834. The molecule has 23 heavy (non-hydrogen) atoms. The maximum atomic E-state index is 12.7. The van der Waals surface area contributed by atoms with Gasteiger partial charge in [-0.3, -0.25) is 9.78 Å². The van der Waals surface area contributed by atoms with Gasteiger partial charge in [0.1, 0.15) is 6.10 Å². The first kappa shape index (κ1) is 16.4. The van der Waals surface area contributed by atoms with Gasteiger partial charge < -0.3 is 14.4 Å². The molecule has 0 bridgehead atoms. The average Bonchev–Trinajstić information content (AvgIpc) is 2.97. The van der Waals surface area contributed by atoms with Crippen LogP contribution in [-0.2, 0) is 20.7 Å². The van der Waals surface area contributed by atoms with Crippen LogP contribution in [-0.4, -0.2) is 53.8 Å². The summed E-state index contributed by atoms with van der Waals surface area (Å²) in [6, 6.07) is 5.84. The Morgan fingerprint density at radius 2 is 2.30 bits per heavy atom. The van der Waals surface area contributed by atoms with E-state index in [4.69, 9.17) is 9.47 Å². The van der Waals surface area contributed by atoms with Crippen molar-refractivity contribution in [1.29, 1.82) is 0 Å². The van der Waals surface area contributed by atoms with Gasteiger partial charge in [0.15, 0.2) is 0 Å². The van der Waals surface area contributed by atoms with E-state index in [0.717, 1.165) is 25.1 Å². The molecule has 5 nitrogen and oxygen atoms in total. The van der Waals surface area contributed by atoms with Crippen LogP contribution in [0.25, 0.3) is 0 Å². The molecule has 0 spiro atoms. The lowest BCUT2D eigenvalue weighted by Gasteiger charge is -2.39. The second-order valence-corrected chi connectivity index (χ2v) is 6.83. The number of carbonyl (C=O) groups excluding carboxylic acids is 1. The normalized spacial score (nSPS) is 27.3. The molecule has 1 aromatic rings. The second kappa shape index (κ2) is 7.41. The van der Waals surface area contributed by atoms with Crippen molar-refractivity contribution in [3.8, 4) is 0 Å². The summed E-state index contributed by atoms with van der Waals surface area (Å²) in [6.45, 7) is 6.31. The first-order valence-electron chi connectivity index (χ1n) is 8.57. The zero-order valence-corrected chi connectivity index (χ0v) is 14.0. The molecule has 3 atom stereocenters. The molecule has 2 fully saturated rings. The standard InChI is InChI=1S/C18H26N2O3/c1-13(2)12-23-16-7-6-15-18(16)22-10-9-20(15)17(21)11-14-5-3-4-8-19-14/h3-5,8,13,15-16,18H,6-7,9-12H2,1-2H3/t15-,16+,18+/m0/s1. The van der Waals surface area contributed by atoms with E-state index >= 15 is 0 Å². The summed E-state index contributed by atoms with van der Waals surface area (Å²) in [5.74, 6) is 0.658. The molecule has 0 aromatic carbocycles. The van der Waals surface area contributed by atoms with E-state index in [9.17, 15) is 4.79 Å². The van der Waals surface area contributed by atoms with Crippen molar-refractivity contribution in [1.82, 2.24) is 9.88 Å². The van der Waals surface area contributed by atoms with Gasteiger partial charge in [0.2, 0.25) is 5.91 Å². The molecule has 3 rings (SSSR count). The summed E-state index contributed by atoms with van der Waals surface area (Å²) < 4.78 is 11.9. The van der Waals surface area contributed by atoms with Crippen molar-refractivity contribution < 1.29 is 14.3 Å². The van der Waals surface area contributed by atoms with Gasteiger partial charge in [0.25, 0.3) is 0 Å². The third kappa shape index (κ3) is 3.90. The highest BCUT2D eigenvalue weighted by Gasteiger charge is 2.44. The predicted molar refractivity (Wildman–Crippen MR) is 87.0 cm³/mol. The number of hydrogen-bond donors (Lipinski definition) is 0. The fraction of sp³-hybridized carbons (Fsp3) is 0.667. The van der Waals surface area contributed by atoms with Crippen molar-refractivity contribution in [3.63, 3.8) is 0 Å². The molecule has 2 heterocycles. The van der Waals surface area contributed by atoms with Crippen molar-refractivity contribution in [3.05, 3.63) is 30.1 Å². The first-order valence-corrected chi connectivity index (χ1v) is 8.57. The number of nitrogens with zero attached hydrogens (tertiary/aromatic N) is 2. The molecule has 0 unspecified atom stereocenters. The summed E-state index contributed by atoms with van der Waals surface area (Å²) in [5.41, 5.74) is 0.825. The SMILES string of the molecule is CC(C)CO[C@@H]1CC[C@H]2[C@H]1OCCN2C(=O)Cc1ccccn1. The van der Waals surface area contributed by atoms with Crippen molar-refractivity contribution in [2.45, 2.75) is 51.4 Å². The minimum Gasteiger partial charge on any atom is -0.375 e. The molecule has 0 radical (unpaired) electrons. The number of carbonyl (C=O) groups is 1. The molecule has 1 amide bonds. The Morgan fingerprint density at radius 3 is 3.04 bits per heavy atom. The van der Waals surface area contributed by atoms with Crippen LogP contribution in [0.5, 0.6) is 0 Å². The van der Waals surface area contributed by atoms with Crippen LogP contribution in [0.2, 0.25) is 0 Å². The molecule has 126 valence electrons. The molecule has 2 aliphatic rings. The first-order chi connectivity index (χ1) is 11.1. The Hall–Kier alpha value is -1.46. The topological polar surface area (TPSA) is 51.7 Å². The Bertz CT molecular complexity index is 520. The number of aromatic nitrogens is 1. The van der Waals surface area contributed by atoms with Crippen LogP contribution in [0.1, 0.15) is 32.4 Å². The van der Waals surface area contributed by atoms with Crippen molar-refractivity contribution >= 4 is 5.91 Å². The summed E-state index contributed by atoms with van der Waals surface area (Å²) in [5, 5.41) is 0. The molecule has 1 aliphatic carbocycles. The van der Waals surface area contributed by atoms with Crippen LogP contribution in [0.3, 0.4) is 0 Å². The zero-order valence-electron chi connectivity index (χ0n) is 14.0. The van der Waals surface area contributed by atoms with E-state index in [1.807, 2.05) is 23.1 Å². The summed E-state index contributed by atoms with van der Waals surface area (Å²) >= 11 is 0. The highest BCUT2D eigenvalue weighted by molar-refractivity contribution is 5.79. The monoisotopic (exact) mass is 318 g/mol. The van der Waals surface area contributed by atoms with E-state index in [1.165, 1.54) is 0 Å². The Balaban J connectivity index is 1.61. The lowest BCUT2D eigenvalue weighted by molar-refractivity contribution is -0.151. The van der Waals surface area contributed by atoms with Crippen molar-refractivity contribution in [2.75, 3.05) is 19.8 Å². The minimum atomic E-state index is 0.0233. The summed E-state index contributed by atoms with van der Waals surface area (Å²) in [7, 11) is 0. The third-order valence-electron chi connectivity index (χ3n) is 4.56. The van der Waals surface area contributed by atoms with Gasteiger partial charge in [0.05, 0.1) is 25.2 Å². The molecule has 5 heteroatoms. The minimum absolute atomic E-state index is 0.0233. The second-order valence-electron chi connectivity index (χ2n) is 6.83. The largest absolute Gasteiger partial charge is 0.375 e. The number of rotatable bonds is 5. The third-order valence-corrected chi connectivity index (χ3v) is 4.56. The van der Waals surface area contributed by atoms with Crippen LogP contribution >= 0.6 is 0 Å². The van der Waals surface area contributed by atoms with Gasteiger partial charge in [-0.05, 0) is 30.9 Å². The van der Waals surface area contributed by atoms with E-state index in [0.29, 0.717) is 25.5 Å². The van der Waals surface area contributed by atoms with Gasteiger partial charge in [-0.25, -0.2) is 0 Å². The van der Waals surface area contributed by atoms with Gasteiger partial charge >= 0.3 is 0 Å². The number of hydrogen-bond acceptors (Lipinski definition) is 4. The highest BCUT2D eigenvalue weighted by Crippen LogP contribution is 2.32. The molecule has 1 aliphatic heterocycles. The van der Waals surface area contributed by atoms with Gasteiger partial charge in [-0.2, -0.15) is 0 Å². The van der Waals surface area contributed by atoms with E-state index < -0.39 is 0 Å². The fourth-order valence-corrected chi connectivity index (χ4v) is 3.48. The van der Waals surface area contributed by atoms with Crippen LogP contribution in [0.4, 0.5) is 0 Å². The van der Waals surface area contributed by atoms with E-state index in [1.54, 1.807) is 6.20 Å². The molecule has 0 N–H and O–H groups in total. The highest BCUT2D eigenvalue weighted by atomic mass is 16.5. The van der Waals surface area contributed by atoms with Gasteiger partial charge in [-0.1, -0.05) is 19.9 Å². The smallest absolute Gasteiger partial charge is 0.229 e. The lowest BCUT2D eigenvalue weighted by Crippen LogP contribution is -2.54. The zero-order chi connectivity index (χ0) is 16.2.